The predicted octanol–water partition coefficient (Wildman–Crippen LogP) is 4.14. The number of nitrogens with zero attached hydrogens (tertiary/aromatic N) is 1. The summed E-state index contributed by atoms with van der Waals surface area (Å²) < 4.78 is 6.53. The number of ether oxygens (including phenoxy) is 1. The highest BCUT2D eigenvalue weighted by molar-refractivity contribution is 5.94. The molecule has 0 saturated carbocycles. The Morgan fingerprint density at radius 1 is 1.07 bits per heavy atom. The lowest BCUT2D eigenvalue weighted by Gasteiger charge is -2.24. The monoisotopic (exact) mass is 384 g/mol. The number of aromatic nitrogens is 1. The average Bonchev–Trinajstić information content (AvgIpc) is 2.70. The minimum Gasteiger partial charge on any atom is -0.383 e. The zero-order chi connectivity index (χ0) is 20.7. The second kappa shape index (κ2) is 10.2. The van der Waals surface area contributed by atoms with Gasteiger partial charge in [0.25, 0.3) is 11.5 Å². The van der Waals surface area contributed by atoms with Crippen molar-refractivity contribution in [2.45, 2.75) is 52.6 Å². The first-order valence-corrected chi connectivity index (χ1v) is 9.97. The lowest BCUT2D eigenvalue weighted by atomic mass is 9.92. The van der Waals surface area contributed by atoms with Crippen molar-refractivity contribution in [3.05, 3.63) is 69.6 Å². The van der Waals surface area contributed by atoms with E-state index in [1.54, 1.807) is 19.4 Å². The summed E-state index contributed by atoms with van der Waals surface area (Å²) in [7, 11) is 1.58. The molecule has 0 aliphatic carbocycles. The van der Waals surface area contributed by atoms with Gasteiger partial charge in [0.15, 0.2) is 0 Å². The van der Waals surface area contributed by atoms with Gasteiger partial charge in [-0.1, -0.05) is 52.0 Å². The molecule has 0 saturated heterocycles. The van der Waals surface area contributed by atoms with E-state index in [1.165, 1.54) is 16.2 Å². The molecule has 2 aromatic rings. The number of pyridine rings is 1. The summed E-state index contributed by atoms with van der Waals surface area (Å²) >= 11 is 0. The molecule has 0 aliphatic rings. The summed E-state index contributed by atoms with van der Waals surface area (Å²) in [6.07, 6.45) is 2.70. The van der Waals surface area contributed by atoms with E-state index in [4.69, 9.17) is 4.74 Å². The van der Waals surface area contributed by atoms with Crippen LogP contribution in [0.25, 0.3) is 0 Å². The Morgan fingerprint density at radius 3 is 2.29 bits per heavy atom. The number of benzene rings is 1. The molecule has 1 aromatic carbocycles. The lowest BCUT2D eigenvalue weighted by Crippen LogP contribution is -2.33. The molecule has 5 heteroatoms. The van der Waals surface area contributed by atoms with Crippen LogP contribution in [0.2, 0.25) is 0 Å². The molecule has 1 amide bonds. The third-order valence-corrected chi connectivity index (χ3v) is 5.21. The van der Waals surface area contributed by atoms with Crippen LogP contribution in [0.1, 0.15) is 67.6 Å². The van der Waals surface area contributed by atoms with E-state index in [0.29, 0.717) is 24.6 Å². The first-order valence-electron chi connectivity index (χ1n) is 9.97. The summed E-state index contributed by atoms with van der Waals surface area (Å²) in [6, 6.07) is 11.4. The zero-order valence-corrected chi connectivity index (χ0v) is 17.6. The Morgan fingerprint density at radius 2 is 1.71 bits per heavy atom. The molecule has 28 heavy (non-hydrogen) atoms. The van der Waals surface area contributed by atoms with Crippen LogP contribution >= 0.6 is 0 Å². The average molecular weight is 385 g/mol. The van der Waals surface area contributed by atoms with Crippen molar-refractivity contribution in [1.82, 2.24) is 9.88 Å². The number of nitrogens with one attached hydrogen (secondary N) is 1. The highest BCUT2D eigenvalue weighted by Crippen LogP contribution is 2.25. The van der Waals surface area contributed by atoms with E-state index < -0.39 is 0 Å². The zero-order valence-electron chi connectivity index (χ0n) is 17.6. The van der Waals surface area contributed by atoms with Crippen molar-refractivity contribution in [3.63, 3.8) is 0 Å². The van der Waals surface area contributed by atoms with Gasteiger partial charge in [0.1, 0.15) is 0 Å². The van der Waals surface area contributed by atoms with E-state index in [9.17, 15) is 9.59 Å². The van der Waals surface area contributed by atoms with Crippen LogP contribution in [0.5, 0.6) is 0 Å². The molecule has 0 spiro atoms. The van der Waals surface area contributed by atoms with Crippen LogP contribution in [0, 0.1) is 5.92 Å². The van der Waals surface area contributed by atoms with Gasteiger partial charge in [0.2, 0.25) is 0 Å². The fraction of sp³-hybridized carbons (Fsp3) is 0.478. The van der Waals surface area contributed by atoms with Crippen LogP contribution in [0.15, 0.2) is 47.4 Å². The highest BCUT2D eigenvalue weighted by atomic mass is 16.5. The lowest BCUT2D eigenvalue weighted by molar-refractivity contribution is 0.0924. The van der Waals surface area contributed by atoms with Crippen LogP contribution in [-0.4, -0.2) is 24.2 Å². The fourth-order valence-corrected chi connectivity index (χ4v) is 3.16. The Kier molecular flexibility index (Phi) is 8.00. The maximum absolute atomic E-state index is 12.8. The SMILES string of the molecule is CCC(C)c1ccc(C(NC(=O)c2ccc(=O)n(CCOC)c2)C(C)C)cc1. The number of rotatable bonds is 9. The van der Waals surface area contributed by atoms with Crippen molar-refractivity contribution in [2.24, 2.45) is 5.92 Å². The molecule has 0 radical (unpaired) electrons. The second-order valence-electron chi connectivity index (χ2n) is 7.61. The molecule has 2 atom stereocenters. The van der Waals surface area contributed by atoms with Crippen molar-refractivity contribution >= 4 is 5.91 Å². The Labute approximate surface area is 167 Å². The normalized spacial score (nSPS) is 13.4. The fourth-order valence-electron chi connectivity index (χ4n) is 3.16. The molecule has 1 aromatic heterocycles. The predicted molar refractivity (Wildman–Crippen MR) is 113 cm³/mol. The number of methoxy groups -OCH3 is 1. The standard InChI is InChI=1S/C23H32N2O3/c1-6-17(4)18-7-9-19(10-8-18)22(16(2)3)24-23(27)20-11-12-21(26)25(15-20)13-14-28-5/h7-12,15-17,22H,6,13-14H2,1-5H3,(H,24,27). The van der Waals surface area contributed by atoms with Crippen LogP contribution in [-0.2, 0) is 11.3 Å². The minimum atomic E-state index is -0.184. The van der Waals surface area contributed by atoms with E-state index in [1.807, 2.05) is 0 Å². The number of hydrogen-bond acceptors (Lipinski definition) is 3. The van der Waals surface area contributed by atoms with E-state index in [0.717, 1.165) is 12.0 Å². The van der Waals surface area contributed by atoms with Gasteiger partial charge in [0.05, 0.1) is 18.2 Å². The Bertz CT molecular complexity index is 824. The van der Waals surface area contributed by atoms with Crippen molar-refractivity contribution in [2.75, 3.05) is 13.7 Å². The molecule has 0 aliphatic heterocycles. The molecular weight excluding hydrogens is 352 g/mol. The molecule has 2 unspecified atom stereocenters. The quantitative estimate of drug-likeness (QED) is 0.707. The van der Waals surface area contributed by atoms with Gasteiger partial charge in [-0.2, -0.15) is 0 Å². The Balaban J connectivity index is 2.20. The number of carbonyl (C=O) groups is 1. The number of carbonyl (C=O) groups excluding carboxylic acids is 1. The van der Waals surface area contributed by atoms with Gasteiger partial charge >= 0.3 is 0 Å². The highest BCUT2D eigenvalue weighted by Gasteiger charge is 2.20. The van der Waals surface area contributed by atoms with E-state index in [-0.39, 0.29) is 23.4 Å². The minimum absolute atomic E-state index is 0.0992. The summed E-state index contributed by atoms with van der Waals surface area (Å²) in [5, 5.41) is 3.13. The third kappa shape index (κ3) is 5.55. The first kappa shape index (κ1) is 21.9. The number of hydrogen-bond donors (Lipinski definition) is 1. The van der Waals surface area contributed by atoms with Crippen LogP contribution in [0.4, 0.5) is 0 Å². The summed E-state index contributed by atoms with van der Waals surface area (Å²) in [5.74, 6) is 0.572. The largest absolute Gasteiger partial charge is 0.383 e. The smallest absolute Gasteiger partial charge is 0.253 e. The maximum Gasteiger partial charge on any atom is 0.253 e. The maximum atomic E-state index is 12.8. The van der Waals surface area contributed by atoms with Gasteiger partial charge in [-0.25, -0.2) is 0 Å². The second-order valence-corrected chi connectivity index (χ2v) is 7.61. The molecular formula is C23H32N2O3. The van der Waals surface area contributed by atoms with Crippen molar-refractivity contribution in [1.29, 1.82) is 0 Å². The molecule has 0 bridgehead atoms. The third-order valence-electron chi connectivity index (χ3n) is 5.21. The molecule has 0 fully saturated rings. The van der Waals surface area contributed by atoms with Gasteiger partial charge in [-0.05, 0) is 35.4 Å². The number of amides is 1. The first-order chi connectivity index (χ1) is 13.4. The molecule has 1 N–H and O–H groups in total. The van der Waals surface area contributed by atoms with Gasteiger partial charge in [-0.3, -0.25) is 9.59 Å². The van der Waals surface area contributed by atoms with E-state index in [2.05, 4.69) is 57.3 Å². The summed E-state index contributed by atoms with van der Waals surface area (Å²) in [4.78, 5) is 24.8. The molecule has 1 heterocycles. The summed E-state index contributed by atoms with van der Waals surface area (Å²) in [5.41, 5.74) is 2.72. The molecule has 152 valence electrons. The van der Waals surface area contributed by atoms with Crippen molar-refractivity contribution < 1.29 is 9.53 Å². The van der Waals surface area contributed by atoms with Gasteiger partial charge in [-0.15, -0.1) is 0 Å². The summed E-state index contributed by atoms with van der Waals surface area (Å²) in [6.45, 7) is 9.42. The van der Waals surface area contributed by atoms with Crippen molar-refractivity contribution in [3.8, 4) is 0 Å². The topological polar surface area (TPSA) is 60.3 Å². The Hall–Kier alpha value is -2.40. The van der Waals surface area contributed by atoms with Gasteiger partial charge < -0.3 is 14.6 Å². The molecule has 5 nitrogen and oxygen atoms in total. The van der Waals surface area contributed by atoms with Crippen LogP contribution < -0.4 is 10.9 Å². The molecule has 2 rings (SSSR count). The van der Waals surface area contributed by atoms with Crippen LogP contribution in [0.3, 0.4) is 0 Å². The van der Waals surface area contributed by atoms with Gasteiger partial charge in [0, 0.05) is 25.9 Å². The van der Waals surface area contributed by atoms with E-state index >= 15 is 0 Å².